The Bertz CT molecular complexity index is 2710. The van der Waals surface area contributed by atoms with Crippen LogP contribution in [0.1, 0.15) is 5.56 Å². The molecule has 0 spiro atoms. The van der Waals surface area contributed by atoms with Crippen LogP contribution in [-0.2, 0) is 0 Å². The van der Waals surface area contributed by atoms with E-state index in [1.54, 1.807) is 0 Å². The highest BCUT2D eigenvalue weighted by Crippen LogP contribution is 2.44. The molecule has 0 radical (unpaired) electrons. The highest BCUT2D eigenvalue weighted by atomic mass is 15.0. The van der Waals surface area contributed by atoms with Gasteiger partial charge in [0.15, 0.2) is 0 Å². The van der Waals surface area contributed by atoms with E-state index in [4.69, 9.17) is 6.57 Å². The SMILES string of the molecule is [C-]#[N+]c1cccc(-c2ccccc2-c2ccc(-n3c4ccccc4c4ccccc43)cc2C#N)c1-n1c2ccccc2c2ccccc21. The second kappa shape index (κ2) is 10.9. The van der Waals surface area contributed by atoms with Gasteiger partial charge in [-0.05, 0) is 53.1 Å². The summed E-state index contributed by atoms with van der Waals surface area (Å²) in [6.07, 6.45) is 0. The predicted octanol–water partition coefficient (Wildman–Crippen LogP) is 11.6. The Morgan fingerprint density at radius 1 is 0.458 bits per heavy atom. The fourth-order valence-corrected chi connectivity index (χ4v) is 7.39. The smallest absolute Gasteiger partial charge is 0.211 e. The monoisotopic (exact) mass is 610 g/mol. The summed E-state index contributed by atoms with van der Waals surface area (Å²) < 4.78 is 4.46. The van der Waals surface area contributed by atoms with E-state index in [0.717, 1.165) is 66.5 Å². The minimum atomic E-state index is 0.566. The zero-order chi connectivity index (χ0) is 32.2. The van der Waals surface area contributed by atoms with Crippen LogP contribution < -0.4 is 0 Å². The van der Waals surface area contributed by atoms with Crippen LogP contribution in [0.25, 0.3) is 82.1 Å². The molecule has 0 amide bonds. The Balaban J connectivity index is 1.28. The van der Waals surface area contributed by atoms with E-state index in [1.807, 2.05) is 42.5 Å². The largest absolute Gasteiger partial charge is 0.318 e. The van der Waals surface area contributed by atoms with Gasteiger partial charge in [0, 0.05) is 32.8 Å². The van der Waals surface area contributed by atoms with Crippen LogP contribution in [0.15, 0.2) is 158 Å². The molecular formula is C44H26N4. The van der Waals surface area contributed by atoms with E-state index in [0.29, 0.717) is 11.3 Å². The number of para-hydroxylation sites is 5. The molecule has 4 nitrogen and oxygen atoms in total. The third-order valence-electron chi connectivity index (χ3n) is 9.41. The maximum atomic E-state index is 10.6. The van der Waals surface area contributed by atoms with E-state index >= 15 is 0 Å². The topological polar surface area (TPSA) is 38.0 Å². The third-order valence-corrected chi connectivity index (χ3v) is 9.41. The van der Waals surface area contributed by atoms with Gasteiger partial charge in [0.25, 0.3) is 0 Å². The van der Waals surface area contributed by atoms with Crippen LogP contribution in [0, 0.1) is 17.9 Å². The van der Waals surface area contributed by atoms with E-state index in [1.165, 1.54) is 10.8 Å². The minimum Gasteiger partial charge on any atom is -0.318 e. The molecule has 0 saturated carbocycles. The van der Waals surface area contributed by atoms with Crippen LogP contribution in [0.5, 0.6) is 0 Å². The van der Waals surface area contributed by atoms with Gasteiger partial charge in [-0.2, -0.15) is 5.26 Å². The Morgan fingerprint density at radius 3 is 1.44 bits per heavy atom. The number of fused-ring (bicyclic) bond motifs is 6. The summed E-state index contributed by atoms with van der Waals surface area (Å²) in [4.78, 5) is 4.03. The fourth-order valence-electron chi connectivity index (χ4n) is 7.39. The molecule has 222 valence electrons. The first kappa shape index (κ1) is 27.4. The van der Waals surface area contributed by atoms with Crippen molar-refractivity contribution in [3.63, 3.8) is 0 Å². The van der Waals surface area contributed by atoms with Gasteiger partial charge >= 0.3 is 0 Å². The summed E-state index contributed by atoms with van der Waals surface area (Å²) in [5.74, 6) is 0. The first-order valence-corrected chi connectivity index (χ1v) is 15.9. The highest BCUT2D eigenvalue weighted by molar-refractivity contribution is 6.11. The Hall–Kier alpha value is -6.88. The first-order chi connectivity index (χ1) is 23.8. The van der Waals surface area contributed by atoms with Gasteiger partial charge in [0.05, 0.1) is 46.0 Å². The predicted molar refractivity (Wildman–Crippen MR) is 197 cm³/mol. The van der Waals surface area contributed by atoms with Crippen molar-refractivity contribution in [3.05, 3.63) is 175 Å². The number of nitrogens with zero attached hydrogens (tertiary/aromatic N) is 4. The van der Waals surface area contributed by atoms with Gasteiger partial charge in [0.1, 0.15) is 0 Å². The van der Waals surface area contributed by atoms with Gasteiger partial charge in [-0.15, -0.1) is 0 Å². The van der Waals surface area contributed by atoms with Gasteiger partial charge in [-0.3, -0.25) is 0 Å². The second-order valence-electron chi connectivity index (χ2n) is 11.9. The first-order valence-electron chi connectivity index (χ1n) is 15.9. The van der Waals surface area contributed by atoms with Gasteiger partial charge in [-0.1, -0.05) is 121 Å². The highest BCUT2D eigenvalue weighted by Gasteiger charge is 2.21. The normalized spacial score (nSPS) is 11.3. The van der Waals surface area contributed by atoms with Crippen LogP contribution >= 0.6 is 0 Å². The molecular weight excluding hydrogens is 585 g/mol. The molecule has 0 N–H and O–H groups in total. The summed E-state index contributed by atoms with van der Waals surface area (Å²) in [6, 6.07) is 56.3. The van der Waals surface area contributed by atoms with Crippen molar-refractivity contribution in [2.45, 2.75) is 0 Å². The lowest BCUT2D eigenvalue weighted by Crippen LogP contribution is -1.99. The summed E-state index contributed by atoms with van der Waals surface area (Å²) >= 11 is 0. The maximum absolute atomic E-state index is 10.6. The molecule has 0 aliphatic heterocycles. The van der Waals surface area contributed by atoms with Crippen molar-refractivity contribution in [1.29, 1.82) is 5.26 Å². The standard InChI is InChI=1S/C44H26N4/c1-46-39-20-12-19-38(44(39)48-42-23-10-6-17-36(42)37-18-7-11-24-43(37)48)33-14-3-2-13-32(33)31-26-25-30(27-29(31)28-45)47-40-21-8-4-15-34(40)35-16-5-9-22-41(35)47/h2-27H. The van der Waals surface area contributed by atoms with Gasteiger partial charge in [-0.25, -0.2) is 4.85 Å². The lowest BCUT2D eigenvalue weighted by atomic mass is 9.90. The molecule has 0 aliphatic rings. The Morgan fingerprint density at radius 2 is 0.917 bits per heavy atom. The number of benzene rings is 7. The average Bonchev–Trinajstić information content (AvgIpc) is 3.67. The minimum absolute atomic E-state index is 0.566. The van der Waals surface area contributed by atoms with Crippen molar-refractivity contribution in [2.24, 2.45) is 0 Å². The van der Waals surface area contributed by atoms with E-state index < -0.39 is 0 Å². The number of hydrogen-bond acceptors (Lipinski definition) is 1. The summed E-state index contributed by atoms with van der Waals surface area (Å²) in [7, 11) is 0. The third kappa shape index (κ3) is 4.01. The van der Waals surface area contributed by atoms with E-state index in [-0.39, 0.29) is 0 Å². The van der Waals surface area contributed by atoms with E-state index in [2.05, 4.69) is 135 Å². The summed E-state index contributed by atoms with van der Waals surface area (Å²) in [6.45, 7) is 8.22. The maximum Gasteiger partial charge on any atom is 0.211 e. The van der Waals surface area contributed by atoms with Crippen molar-refractivity contribution in [2.75, 3.05) is 0 Å². The molecule has 2 aromatic heterocycles. The lowest BCUT2D eigenvalue weighted by molar-refractivity contribution is 1.18. The number of hydrogen-bond donors (Lipinski definition) is 0. The molecule has 0 fully saturated rings. The van der Waals surface area contributed by atoms with Gasteiger partial charge in [0.2, 0.25) is 5.69 Å². The Labute approximate surface area is 277 Å². The number of rotatable bonds is 4. The van der Waals surface area contributed by atoms with Crippen LogP contribution in [-0.4, -0.2) is 9.13 Å². The van der Waals surface area contributed by atoms with Gasteiger partial charge < -0.3 is 9.13 Å². The van der Waals surface area contributed by atoms with Crippen LogP contribution in [0.2, 0.25) is 0 Å². The lowest BCUT2D eigenvalue weighted by Gasteiger charge is -2.19. The molecule has 48 heavy (non-hydrogen) atoms. The average molecular weight is 611 g/mol. The Kier molecular flexibility index (Phi) is 6.22. The van der Waals surface area contributed by atoms with Crippen LogP contribution in [0.4, 0.5) is 5.69 Å². The zero-order valence-electron chi connectivity index (χ0n) is 25.8. The quantitative estimate of drug-likeness (QED) is 0.183. The number of nitriles is 1. The molecule has 2 heterocycles. The van der Waals surface area contributed by atoms with Crippen molar-refractivity contribution in [3.8, 4) is 39.7 Å². The summed E-state index contributed by atoms with van der Waals surface area (Å²) in [5, 5.41) is 15.2. The molecule has 0 unspecified atom stereocenters. The molecule has 7 aromatic carbocycles. The molecule has 9 aromatic rings. The van der Waals surface area contributed by atoms with E-state index in [9.17, 15) is 5.26 Å². The number of aromatic nitrogens is 2. The van der Waals surface area contributed by atoms with Crippen molar-refractivity contribution >= 4 is 49.3 Å². The fraction of sp³-hybridized carbons (Fsp3) is 0. The second-order valence-corrected chi connectivity index (χ2v) is 11.9. The summed E-state index contributed by atoms with van der Waals surface area (Å²) in [5.41, 5.74) is 10.9. The molecule has 0 aliphatic carbocycles. The molecule has 9 rings (SSSR count). The molecule has 4 heteroatoms. The van der Waals surface area contributed by atoms with Crippen LogP contribution in [0.3, 0.4) is 0 Å². The molecule has 0 atom stereocenters. The van der Waals surface area contributed by atoms with Crippen molar-refractivity contribution in [1.82, 2.24) is 9.13 Å². The zero-order valence-corrected chi connectivity index (χ0v) is 25.8. The molecule has 0 saturated heterocycles. The molecule has 0 bridgehead atoms. The van der Waals surface area contributed by atoms with Crippen molar-refractivity contribution < 1.29 is 0 Å².